The summed E-state index contributed by atoms with van der Waals surface area (Å²) in [4.78, 5) is 20.6. The highest BCUT2D eigenvalue weighted by Gasteiger charge is 2.26. The van der Waals surface area contributed by atoms with Crippen LogP contribution in [-0.2, 0) is 11.2 Å². The molecule has 7 heteroatoms. The van der Waals surface area contributed by atoms with E-state index < -0.39 is 11.6 Å². The number of carbonyl (C=O) groups excluding carboxylic acids is 1. The van der Waals surface area contributed by atoms with Crippen LogP contribution in [-0.4, -0.2) is 28.5 Å². The van der Waals surface area contributed by atoms with Crippen molar-refractivity contribution in [2.75, 3.05) is 6.54 Å². The summed E-state index contributed by atoms with van der Waals surface area (Å²) in [6.07, 6.45) is 6.49. The smallest absolute Gasteiger partial charge is 0.244 e. The zero-order valence-electron chi connectivity index (χ0n) is 15.3. The van der Waals surface area contributed by atoms with Crippen molar-refractivity contribution in [3.63, 3.8) is 0 Å². The van der Waals surface area contributed by atoms with Crippen LogP contribution >= 0.6 is 0 Å². The molecule has 2 heterocycles. The average Bonchev–Trinajstić information content (AvgIpc) is 3.17. The van der Waals surface area contributed by atoms with E-state index in [0.717, 1.165) is 29.0 Å². The second-order valence-electron chi connectivity index (χ2n) is 6.56. The van der Waals surface area contributed by atoms with Gasteiger partial charge in [-0.05, 0) is 41.5 Å². The first-order chi connectivity index (χ1) is 14.1. The van der Waals surface area contributed by atoms with E-state index in [-0.39, 0.29) is 12.0 Å². The van der Waals surface area contributed by atoms with Crippen molar-refractivity contribution < 1.29 is 18.3 Å². The van der Waals surface area contributed by atoms with E-state index >= 15 is 0 Å². The molecule has 1 N–H and O–H groups in total. The first-order valence-electron chi connectivity index (χ1n) is 9.07. The van der Waals surface area contributed by atoms with Crippen molar-refractivity contribution in [2.45, 2.75) is 12.5 Å². The number of carbonyl (C=O) groups is 1. The number of hydrogen-bond donors (Lipinski definition) is 1. The molecule has 0 saturated heterocycles. The Morgan fingerprint density at radius 2 is 1.97 bits per heavy atom. The summed E-state index contributed by atoms with van der Waals surface area (Å²) < 4.78 is 32.2. The van der Waals surface area contributed by atoms with Crippen LogP contribution in [0, 0.1) is 11.6 Å². The Morgan fingerprint density at radius 1 is 1.14 bits per heavy atom. The Labute approximate surface area is 166 Å². The minimum Gasteiger partial charge on any atom is -0.487 e. The summed E-state index contributed by atoms with van der Waals surface area (Å²) in [5, 5.41) is 2.77. The molecule has 2 aromatic carbocycles. The molecule has 4 rings (SSSR count). The van der Waals surface area contributed by atoms with Gasteiger partial charge in [0.25, 0.3) is 0 Å². The first-order valence-corrected chi connectivity index (χ1v) is 9.07. The number of benzene rings is 2. The van der Waals surface area contributed by atoms with Crippen molar-refractivity contribution >= 4 is 12.0 Å². The molecule has 1 aromatic heterocycles. The van der Waals surface area contributed by atoms with E-state index in [1.165, 1.54) is 18.2 Å². The molecule has 0 radical (unpaired) electrons. The lowest BCUT2D eigenvalue weighted by atomic mass is 10.1. The summed E-state index contributed by atoms with van der Waals surface area (Å²) >= 11 is 0. The first kappa shape index (κ1) is 18.7. The second kappa shape index (κ2) is 8.18. The molecule has 29 heavy (non-hydrogen) atoms. The zero-order chi connectivity index (χ0) is 20.2. The van der Waals surface area contributed by atoms with Crippen LogP contribution in [0.5, 0.6) is 5.75 Å². The van der Waals surface area contributed by atoms with Gasteiger partial charge in [0.15, 0.2) is 17.5 Å². The lowest BCUT2D eigenvalue weighted by molar-refractivity contribution is -0.116. The molecule has 0 spiro atoms. The van der Waals surface area contributed by atoms with Crippen LogP contribution in [0.1, 0.15) is 11.1 Å². The lowest BCUT2D eigenvalue weighted by Crippen LogP contribution is -2.33. The largest absolute Gasteiger partial charge is 0.487 e. The minimum atomic E-state index is -0.956. The summed E-state index contributed by atoms with van der Waals surface area (Å²) in [6.45, 7) is 0.310. The number of rotatable bonds is 5. The molecular formula is C22H17F2N3O2. The molecular weight excluding hydrogens is 376 g/mol. The van der Waals surface area contributed by atoms with E-state index in [9.17, 15) is 13.6 Å². The number of aromatic nitrogens is 2. The molecule has 0 aliphatic carbocycles. The number of ether oxygens (including phenoxy) is 1. The van der Waals surface area contributed by atoms with Crippen LogP contribution in [0.4, 0.5) is 8.78 Å². The van der Waals surface area contributed by atoms with Gasteiger partial charge in [0.2, 0.25) is 5.91 Å². The Balaban J connectivity index is 1.37. The summed E-state index contributed by atoms with van der Waals surface area (Å²) in [5.74, 6) is -0.910. The Morgan fingerprint density at radius 3 is 2.76 bits per heavy atom. The fourth-order valence-electron chi connectivity index (χ4n) is 3.13. The van der Waals surface area contributed by atoms with Crippen LogP contribution in [0.3, 0.4) is 0 Å². The molecule has 1 unspecified atom stereocenters. The monoisotopic (exact) mass is 393 g/mol. The van der Waals surface area contributed by atoms with Gasteiger partial charge in [-0.2, -0.15) is 0 Å². The van der Waals surface area contributed by atoms with Crippen molar-refractivity contribution in [1.29, 1.82) is 0 Å². The number of nitrogens with one attached hydrogen (secondary N) is 1. The summed E-state index contributed by atoms with van der Waals surface area (Å²) in [7, 11) is 0. The average molecular weight is 393 g/mol. The fraction of sp³-hybridized carbons (Fsp3) is 0.136. The topological polar surface area (TPSA) is 64.1 Å². The highest BCUT2D eigenvalue weighted by molar-refractivity contribution is 5.91. The van der Waals surface area contributed by atoms with Crippen molar-refractivity contribution in [1.82, 2.24) is 15.3 Å². The molecule has 1 amide bonds. The van der Waals surface area contributed by atoms with Crippen molar-refractivity contribution in [3.05, 3.63) is 83.7 Å². The number of fused-ring (bicyclic) bond motifs is 1. The molecule has 0 bridgehead atoms. The molecule has 5 nitrogen and oxygen atoms in total. The molecule has 1 aliphatic heterocycles. The third-order valence-corrected chi connectivity index (χ3v) is 4.51. The molecule has 0 fully saturated rings. The van der Waals surface area contributed by atoms with Gasteiger partial charge in [-0.15, -0.1) is 0 Å². The van der Waals surface area contributed by atoms with Crippen molar-refractivity contribution in [2.24, 2.45) is 0 Å². The zero-order valence-corrected chi connectivity index (χ0v) is 15.3. The minimum absolute atomic E-state index is 0.213. The van der Waals surface area contributed by atoms with Gasteiger partial charge >= 0.3 is 0 Å². The summed E-state index contributed by atoms with van der Waals surface area (Å²) in [5.41, 5.74) is 2.25. The highest BCUT2D eigenvalue weighted by atomic mass is 19.2. The van der Waals surface area contributed by atoms with Crippen LogP contribution in [0.25, 0.3) is 17.5 Å². The van der Waals surface area contributed by atoms with E-state index in [1.54, 1.807) is 18.5 Å². The molecule has 3 aromatic rings. The Kier molecular flexibility index (Phi) is 5.29. The van der Waals surface area contributed by atoms with Gasteiger partial charge in [-0.25, -0.2) is 18.7 Å². The Hall–Kier alpha value is -3.61. The van der Waals surface area contributed by atoms with Gasteiger partial charge in [-0.3, -0.25) is 4.79 Å². The third kappa shape index (κ3) is 4.29. The molecule has 1 atom stereocenters. The Bertz CT molecular complexity index is 1070. The standard InChI is InChI=1S/C22H17F2N3O2/c23-18-7-5-14(11-19(18)24)6-8-20(28)27-13-16-12-15-3-1-4-17(21(15)29-16)22-25-9-2-10-26-22/h1-11,16H,12-13H2,(H,27,28)/b8-6+. The van der Waals surface area contributed by atoms with Crippen molar-refractivity contribution in [3.8, 4) is 17.1 Å². The lowest BCUT2D eigenvalue weighted by Gasteiger charge is -2.12. The molecule has 1 aliphatic rings. The molecule has 0 saturated carbocycles. The quantitative estimate of drug-likeness (QED) is 0.674. The van der Waals surface area contributed by atoms with Gasteiger partial charge in [-0.1, -0.05) is 18.2 Å². The third-order valence-electron chi connectivity index (χ3n) is 4.51. The van der Waals surface area contributed by atoms with Gasteiger partial charge in [0.05, 0.1) is 12.1 Å². The van der Waals surface area contributed by atoms with Crippen LogP contribution in [0.2, 0.25) is 0 Å². The predicted octanol–water partition coefficient (Wildman–Crippen LogP) is 3.55. The van der Waals surface area contributed by atoms with Crippen LogP contribution < -0.4 is 10.1 Å². The maximum absolute atomic E-state index is 13.2. The predicted molar refractivity (Wildman–Crippen MR) is 104 cm³/mol. The van der Waals surface area contributed by atoms with Crippen LogP contribution in [0.15, 0.2) is 60.9 Å². The maximum atomic E-state index is 13.2. The summed E-state index contributed by atoms with van der Waals surface area (Å²) in [6, 6.07) is 11.0. The van der Waals surface area contributed by atoms with E-state index in [4.69, 9.17) is 4.74 Å². The maximum Gasteiger partial charge on any atom is 0.244 e. The SMILES string of the molecule is O=C(/C=C/c1ccc(F)c(F)c1)NCC1Cc2cccc(-c3ncccn3)c2O1. The van der Waals surface area contributed by atoms with Gasteiger partial charge < -0.3 is 10.1 Å². The normalized spacial score (nSPS) is 15.2. The van der Waals surface area contributed by atoms with Gasteiger partial charge in [0, 0.05) is 24.9 Å². The highest BCUT2D eigenvalue weighted by Crippen LogP contribution is 2.37. The number of amides is 1. The van der Waals surface area contributed by atoms with E-state index in [1.807, 2.05) is 18.2 Å². The van der Waals surface area contributed by atoms with Gasteiger partial charge in [0.1, 0.15) is 11.9 Å². The number of hydrogen-bond acceptors (Lipinski definition) is 4. The second-order valence-corrected chi connectivity index (χ2v) is 6.56. The number of para-hydroxylation sites is 1. The fourth-order valence-corrected chi connectivity index (χ4v) is 3.13. The van der Waals surface area contributed by atoms with E-state index in [0.29, 0.717) is 24.4 Å². The van der Waals surface area contributed by atoms with E-state index in [2.05, 4.69) is 15.3 Å². The number of halogens is 2. The molecule has 146 valence electrons. The number of nitrogens with zero attached hydrogens (tertiary/aromatic N) is 2.